The molecule has 1 atom stereocenters. The van der Waals surface area contributed by atoms with Crippen molar-refractivity contribution >= 4 is 29.1 Å². The summed E-state index contributed by atoms with van der Waals surface area (Å²) in [6.07, 6.45) is 4.03. The lowest BCUT2D eigenvalue weighted by molar-refractivity contribution is 0.0321. The maximum Gasteiger partial charge on any atom is 0.271 e. The maximum atomic E-state index is 12.1. The molecule has 1 heterocycles. The summed E-state index contributed by atoms with van der Waals surface area (Å²) in [6, 6.07) is 4.97. The van der Waals surface area contributed by atoms with Crippen molar-refractivity contribution in [2.75, 3.05) is 0 Å². The van der Waals surface area contributed by atoms with E-state index in [1.54, 1.807) is 19.9 Å². The van der Waals surface area contributed by atoms with Crippen LogP contribution in [0.1, 0.15) is 36.3 Å². The average Bonchev–Trinajstić information content (AvgIpc) is 3.00. The predicted molar refractivity (Wildman–Crippen MR) is 90.9 cm³/mol. The third kappa shape index (κ3) is 4.70. The molecule has 0 unspecified atom stereocenters. The summed E-state index contributed by atoms with van der Waals surface area (Å²) in [5, 5.41) is 14.1. The van der Waals surface area contributed by atoms with Gasteiger partial charge in [0.1, 0.15) is 5.69 Å². The molecule has 23 heavy (non-hydrogen) atoms. The molecule has 3 N–H and O–H groups in total. The Morgan fingerprint density at radius 2 is 2.17 bits per heavy atom. The highest BCUT2D eigenvalue weighted by molar-refractivity contribution is 6.42. The van der Waals surface area contributed by atoms with Gasteiger partial charge in [0.05, 0.1) is 28.0 Å². The van der Waals surface area contributed by atoms with E-state index in [1.165, 1.54) is 12.5 Å². The standard InChI is InChI=1S/C16H19Cl2N3O2/c1-16(2,23)13(21-15(22)12-8-19-9-20-12)7-6-10-4-3-5-11(17)14(10)18/h3-5,8-9,13,23H,6-7H2,1-2H3,(H,19,20)(H,21,22)/t13-/m1/s1. The number of aromatic nitrogens is 2. The van der Waals surface area contributed by atoms with Crippen molar-refractivity contribution in [2.45, 2.75) is 38.3 Å². The Kier molecular flexibility index (Phi) is 5.68. The summed E-state index contributed by atoms with van der Waals surface area (Å²) in [4.78, 5) is 18.8. The topological polar surface area (TPSA) is 78.0 Å². The second-order valence-electron chi connectivity index (χ2n) is 5.89. The smallest absolute Gasteiger partial charge is 0.271 e. The number of carbonyl (C=O) groups excluding carboxylic acids is 1. The van der Waals surface area contributed by atoms with Gasteiger partial charge in [-0.3, -0.25) is 4.79 Å². The van der Waals surface area contributed by atoms with Crippen LogP contribution in [0.25, 0.3) is 0 Å². The fourth-order valence-electron chi connectivity index (χ4n) is 2.26. The van der Waals surface area contributed by atoms with E-state index < -0.39 is 11.6 Å². The number of carbonyl (C=O) groups is 1. The first kappa shape index (κ1) is 17.8. The van der Waals surface area contributed by atoms with Crippen LogP contribution in [-0.2, 0) is 6.42 Å². The van der Waals surface area contributed by atoms with Crippen LogP contribution in [0.4, 0.5) is 0 Å². The second-order valence-corrected chi connectivity index (χ2v) is 6.67. The molecule has 1 amide bonds. The molecule has 0 bridgehead atoms. The zero-order valence-corrected chi connectivity index (χ0v) is 14.4. The normalized spacial score (nSPS) is 12.9. The SMILES string of the molecule is CC(C)(O)[C@@H](CCc1cccc(Cl)c1Cl)NC(=O)c1c[nH]cn1. The molecular weight excluding hydrogens is 337 g/mol. The van der Waals surface area contributed by atoms with Crippen molar-refractivity contribution in [3.8, 4) is 0 Å². The summed E-state index contributed by atoms with van der Waals surface area (Å²) in [5.74, 6) is -0.337. The van der Waals surface area contributed by atoms with E-state index in [1.807, 2.05) is 12.1 Å². The Balaban J connectivity index is 2.07. The fourth-order valence-corrected chi connectivity index (χ4v) is 2.67. The van der Waals surface area contributed by atoms with Crippen molar-refractivity contribution in [1.82, 2.24) is 15.3 Å². The Bertz CT molecular complexity index is 666. The molecule has 0 aliphatic heterocycles. The molecule has 2 rings (SSSR count). The van der Waals surface area contributed by atoms with Gasteiger partial charge in [0.25, 0.3) is 5.91 Å². The highest BCUT2D eigenvalue weighted by Gasteiger charge is 2.29. The minimum absolute atomic E-state index is 0.278. The lowest BCUT2D eigenvalue weighted by atomic mass is 9.92. The lowest BCUT2D eigenvalue weighted by Gasteiger charge is -2.30. The average molecular weight is 356 g/mol. The molecule has 1 aromatic heterocycles. The van der Waals surface area contributed by atoms with Crippen molar-refractivity contribution in [1.29, 1.82) is 0 Å². The van der Waals surface area contributed by atoms with E-state index in [4.69, 9.17) is 23.2 Å². The number of amides is 1. The van der Waals surface area contributed by atoms with Crippen molar-refractivity contribution in [3.05, 3.63) is 52.0 Å². The molecule has 2 aromatic rings. The number of H-pyrrole nitrogens is 1. The number of imidazole rings is 1. The van der Waals surface area contributed by atoms with Crippen molar-refractivity contribution in [3.63, 3.8) is 0 Å². The zero-order chi connectivity index (χ0) is 17.0. The van der Waals surface area contributed by atoms with E-state index in [-0.39, 0.29) is 11.6 Å². The van der Waals surface area contributed by atoms with Gasteiger partial charge in [-0.2, -0.15) is 0 Å². The number of aromatic amines is 1. The Morgan fingerprint density at radius 3 is 2.78 bits per heavy atom. The Labute approximate surface area is 145 Å². The van der Waals surface area contributed by atoms with Gasteiger partial charge in [-0.05, 0) is 38.3 Å². The van der Waals surface area contributed by atoms with Crippen LogP contribution in [0.3, 0.4) is 0 Å². The largest absolute Gasteiger partial charge is 0.388 e. The monoisotopic (exact) mass is 355 g/mol. The van der Waals surface area contributed by atoms with E-state index in [2.05, 4.69) is 15.3 Å². The second kappa shape index (κ2) is 7.34. The molecule has 7 heteroatoms. The third-order valence-corrected chi connectivity index (χ3v) is 4.48. The van der Waals surface area contributed by atoms with Gasteiger partial charge in [-0.25, -0.2) is 4.98 Å². The number of halogens is 2. The number of rotatable bonds is 6. The lowest BCUT2D eigenvalue weighted by Crippen LogP contribution is -2.49. The molecule has 5 nitrogen and oxygen atoms in total. The molecular formula is C16H19Cl2N3O2. The van der Waals surface area contributed by atoms with E-state index in [9.17, 15) is 9.90 Å². The Hall–Kier alpha value is -1.56. The van der Waals surface area contributed by atoms with Gasteiger partial charge >= 0.3 is 0 Å². The maximum absolute atomic E-state index is 12.1. The number of hydrogen-bond donors (Lipinski definition) is 3. The number of benzene rings is 1. The number of nitrogens with zero attached hydrogens (tertiary/aromatic N) is 1. The van der Waals surface area contributed by atoms with Crippen LogP contribution >= 0.6 is 23.2 Å². The molecule has 0 saturated heterocycles. The van der Waals surface area contributed by atoms with Crippen LogP contribution in [0.5, 0.6) is 0 Å². The van der Waals surface area contributed by atoms with Crippen LogP contribution in [-0.4, -0.2) is 32.6 Å². The van der Waals surface area contributed by atoms with Gasteiger partial charge < -0.3 is 15.4 Å². The molecule has 0 aliphatic rings. The first-order chi connectivity index (χ1) is 10.8. The van der Waals surface area contributed by atoms with E-state index >= 15 is 0 Å². The van der Waals surface area contributed by atoms with Crippen molar-refractivity contribution in [2.24, 2.45) is 0 Å². The third-order valence-electron chi connectivity index (χ3n) is 3.62. The van der Waals surface area contributed by atoms with Crippen molar-refractivity contribution < 1.29 is 9.90 Å². The summed E-state index contributed by atoms with van der Waals surface area (Å²) >= 11 is 12.2. The summed E-state index contributed by atoms with van der Waals surface area (Å²) in [5.41, 5.74) is 0.0688. The van der Waals surface area contributed by atoms with Gasteiger partial charge in [0, 0.05) is 6.20 Å². The number of aryl methyl sites for hydroxylation is 1. The number of aliphatic hydroxyl groups is 1. The van der Waals surface area contributed by atoms with Crippen LogP contribution < -0.4 is 5.32 Å². The highest BCUT2D eigenvalue weighted by Crippen LogP contribution is 2.27. The van der Waals surface area contributed by atoms with Crippen LogP contribution in [0, 0.1) is 0 Å². The van der Waals surface area contributed by atoms with E-state index in [0.29, 0.717) is 22.9 Å². The molecule has 0 aliphatic carbocycles. The molecule has 124 valence electrons. The van der Waals surface area contributed by atoms with Gasteiger partial charge in [-0.1, -0.05) is 35.3 Å². The fraction of sp³-hybridized carbons (Fsp3) is 0.375. The molecule has 1 aromatic carbocycles. The Morgan fingerprint density at radius 1 is 1.43 bits per heavy atom. The van der Waals surface area contributed by atoms with Gasteiger partial charge in [0.15, 0.2) is 0 Å². The first-order valence-electron chi connectivity index (χ1n) is 7.24. The summed E-state index contributed by atoms with van der Waals surface area (Å²) < 4.78 is 0. The number of hydrogen-bond acceptors (Lipinski definition) is 3. The minimum Gasteiger partial charge on any atom is -0.388 e. The predicted octanol–water partition coefficient (Wildman–Crippen LogP) is 3.22. The highest BCUT2D eigenvalue weighted by atomic mass is 35.5. The molecule has 0 spiro atoms. The first-order valence-corrected chi connectivity index (χ1v) is 7.99. The van der Waals surface area contributed by atoms with Gasteiger partial charge in [-0.15, -0.1) is 0 Å². The summed E-state index contributed by atoms with van der Waals surface area (Å²) in [7, 11) is 0. The molecule has 0 fully saturated rings. The minimum atomic E-state index is -1.09. The zero-order valence-electron chi connectivity index (χ0n) is 12.9. The van der Waals surface area contributed by atoms with Crippen LogP contribution in [0.2, 0.25) is 10.0 Å². The quantitative estimate of drug-likeness (QED) is 0.744. The number of nitrogens with one attached hydrogen (secondary N) is 2. The van der Waals surface area contributed by atoms with Gasteiger partial charge in [0.2, 0.25) is 0 Å². The van der Waals surface area contributed by atoms with E-state index in [0.717, 1.165) is 5.56 Å². The van der Waals surface area contributed by atoms with Crippen LogP contribution in [0.15, 0.2) is 30.7 Å². The summed E-state index contributed by atoms with van der Waals surface area (Å²) in [6.45, 7) is 3.31. The molecule has 0 radical (unpaired) electrons. The molecule has 0 saturated carbocycles.